The zero-order valence-corrected chi connectivity index (χ0v) is 12.6. The van der Waals surface area contributed by atoms with Crippen LogP contribution in [0.3, 0.4) is 0 Å². The number of nitrogen functional groups attached to an aromatic ring is 1. The number of anilines is 2. The van der Waals surface area contributed by atoms with Gasteiger partial charge in [0.05, 0.1) is 16.3 Å². The van der Waals surface area contributed by atoms with Crippen LogP contribution in [0.15, 0.2) is 23.1 Å². The fourth-order valence-corrected chi connectivity index (χ4v) is 3.13. The molecule has 0 aliphatic carbocycles. The van der Waals surface area contributed by atoms with Gasteiger partial charge in [-0.2, -0.15) is 0 Å². The van der Waals surface area contributed by atoms with Crippen LogP contribution in [0.5, 0.6) is 0 Å². The monoisotopic (exact) mass is 299 g/mol. The van der Waals surface area contributed by atoms with Crippen LogP contribution in [0, 0.1) is 0 Å². The fraction of sp³-hybridized carbons (Fsp3) is 0.538. The second-order valence-corrected chi connectivity index (χ2v) is 6.77. The minimum Gasteiger partial charge on any atom is -0.397 e. The summed E-state index contributed by atoms with van der Waals surface area (Å²) in [7, 11) is -0.120. The maximum absolute atomic E-state index is 11.9. The largest absolute Gasteiger partial charge is 0.397 e. The molecule has 7 heteroatoms. The van der Waals surface area contributed by atoms with Crippen LogP contribution in [-0.2, 0) is 14.8 Å². The van der Waals surface area contributed by atoms with Gasteiger partial charge >= 0.3 is 0 Å². The average molecular weight is 299 g/mol. The molecule has 1 aliphatic heterocycles. The summed E-state index contributed by atoms with van der Waals surface area (Å²) < 4.78 is 31.4. The standard InChI is InChI=1S/C13H21N3O3S/c1-15-20(17,18)11-3-4-12(14)13(9-11)16(2)10-5-7-19-8-6-10/h3-4,9-10,15H,5-8,14H2,1-2H3. The third-order valence-electron chi connectivity index (χ3n) is 3.70. The minimum absolute atomic E-state index is 0.225. The van der Waals surface area contributed by atoms with Gasteiger partial charge in [0.15, 0.2) is 0 Å². The summed E-state index contributed by atoms with van der Waals surface area (Å²) in [5.74, 6) is 0. The lowest BCUT2D eigenvalue weighted by atomic mass is 10.1. The van der Waals surface area contributed by atoms with E-state index in [0.29, 0.717) is 11.7 Å². The van der Waals surface area contributed by atoms with Crippen LogP contribution < -0.4 is 15.4 Å². The van der Waals surface area contributed by atoms with E-state index in [2.05, 4.69) is 4.72 Å². The molecule has 0 aromatic heterocycles. The molecule has 0 radical (unpaired) electrons. The number of nitrogens with one attached hydrogen (secondary N) is 1. The predicted octanol–water partition coefficient (Wildman–Crippen LogP) is 0.792. The maximum atomic E-state index is 11.9. The Balaban J connectivity index is 2.33. The second-order valence-electron chi connectivity index (χ2n) is 4.88. The highest BCUT2D eigenvalue weighted by molar-refractivity contribution is 7.89. The average Bonchev–Trinajstić information content (AvgIpc) is 2.47. The first kappa shape index (κ1) is 15.1. The number of ether oxygens (including phenoxy) is 1. The minimum atomic E-state index is -3.46. The van der Waals surface area contributed by atoms with Crippen LogP contribution in [0.2, 0.25) is 0 Å². The Labute approximate surface area is 120 Å². The molecule has 20 heavy (non-hydrogen) atoms. The quantitative estimate of drug-likeness (QED) is 0.803. The summed E-state index contributed by atoms with van der Waals surface area (Å²) in [5.41, 5.74) is 7.32. The Kier molecular flexibility index (Phi) is 4.52. The molecule has 1 saturated heterocycles. The van der Waals surface area contributed by atoms with Crippen molar-refractivity contribution in [3.8, 4) is 0 Å². The molecule has 0 spiro atoms. The molecule has 1 fully saturated rings. The topological polar surface area (TPSA) is 84.7 Å². The summed E-state index contributed by atoms with van der Waals surface area (Å²) in [5, 5.41) is 0. The van der Waals surface area contributed by atoms with Gasteiger partial charge in [-0.05, 0) is 38.1 Å². The number of rotatable bonds is 4. The lowest BCUT2D eigenvalue weighted by Gasteiger charge is -2.33. The van der Waals surface area contributed by atoms with Crippen LogP contribution in [0.25, 0.3) is 0 Å². The van der Waals surface area contributed by atoms with Crippen LogP contribution in [-0.4, -0.2) is 41.8 Å². The molecule has 3 N–H and O–H groups in total. The highest BCUT2D eigenvalue weighted by atomic mass is 32.2. The molecule has 1 aliphatic rings. The molecule has 112 valence electrons. The molecule has 1 aromatic carbocycles. The van der Waals surface area contributed by atoms with Crippen molar-refractivity contribution in [2.45, 2.75) is 23.8 Å². The van der Waals surface area contributed by atoms with E-state index >= 15 is 0 Å². The molecule has 0 atom stereocenters. The summed E-state index contributed by atoms with van der Waals surface area (Å²) in [6.45, 7) is 1.45. The number of nitrogens with two attached hydrogens (primary N) is 1. The molecule has 2 rings (SSSR count). The Bertz CT molecular complexity index is 568. The van der Waals surface area contributed by atoms with Crippen molar-refractivity contribution in [2.24, 2.45) is 0 Å². The Hall–Kier alpha value is -1.31. The lowest BCUT2D eigenvalue weighted by Crippen LogP contribution is -2.37. The number of sulfonamides is 1. The highest BCUT2D eigenvalue weighted by Gasteiger charge is 2.22. The van der Waals surface area contributed by atoms with Gasteiger partial charge in [-0.1, -0.05) is 0 Å². The van der Waals surface area contributed by atoms with Gasteiger partial charge in [-0.3, -0.25) is 0 Å². The van der Waals surface area contributed by atoms with Gasteiger partial charge in [-0.25, -0.2) is 13.1 Å². The number of benzene rings is 1. The van der Waals surface area contributed by atoms with E-state index in [4.69, 9.17) is 10.5 Å². The van der Waals surface area contributed by atoms with Crippen molar-refractivity contribution in [3.05, 3.63) is 18.2 Å². The summed E-state index contributed by atoms with van der Waals surface area (Å²) >= 11 is 0. The molecule has 0 saturated carbocycles. The molecule has 1 heterocycles. The Morgan fingerprint density at radius 3 is 2.60 bits per heavy atom. The van der Waals surface area contributed by atoms with Crippen LogP contribution >= 0.6 is 0 Å². The molecular weight excluding hydrogens is 278 g/mol. The first-order chi connectivity index (χ1) is 9.45. The highest BCUT2D eigenvalue weighted by Crippen LogP contribution is 2.29. The predicted molar refractivity (Wildman–Crippen MR) is 79.3 cm³/mol. The lowest BCUT2D eigenvalue weighted by molar-refractivity contribution is 0.0855. The Morgan fingerprint density at radius 2 is 2.00 bits per heavy atom. The number of nitrogens with zero attached hydrogens (tertiary/aromatic N) is 1. The number of hydrogen-bond acceptors (Lipinski definition) is 5. The normalized spacial score (nSPS) is 17.1. The maximum Gasteiger partial charge on any atom is 0.240 e. The van der Waals surface area contributed by atoms with Crippen molar-refractivity contribution in [2.75, 3.05) is 37.9 Å². The molecule has 0 unspecified atom stereocenters. The molecule has 6 nitrogen and oxygen atoms in total. The zero-order valence-electron chi connectivity index (χ0n) is 11.8. The van der Waals surface area contributed by atoms with Gasteiger partial charge in [0, 0.05) is 26.3 Å². The van der Waals surface area contributed by atoms with E-state index in [1.54, 1.807) is 12.1 Å². The molecule has 0 bridgehead atoms. The van der Waals surface area contributed by atoms with Crippen molar-refractivity contribution in [3.63, 3.8) is 0 Å². The van der Waals surface area contributed by atoms with Gasteiger partial charge in [0.2, 0.25) is 10.0 Å². The second kappa shape index (κ2) is 5.99. The fourth-order valence-electron chi connectivity index (χ4n) is 2.38. The number of hydrogen-bond donors (Lipinski definition) is 2. The third kappa shape index (κ3) is 3.05. The van der Waals surface area contributed by atoms with E-state index in [1.807, 2.05) is 11.9 Å². The van der Waals surface area contributed by atoms with Crippen LogP contribution in [0.1, 0.15) is 12.8 Å². The summed E-state index contributed by atoms with van der Waals surface area (Å²) in [4.78, 5) is 2.27. The SMILES string of the molecule is CNS(=O)(=O)c1ccc(N)c(N(C)C2CCOCC2)c1. The van der Waals surface area contributed by atoms with Crippen molar-refractivity contribution in [1.29, 1.82) is 0 Å². The van der Waals surface area contributed by atoms with Crippen molar-refractivity contribution < 1.29 is 13.2 Å². The van der Waals surface area contributed by atoms with E-state index in [-0.39, 0.29) is 4.90 Å². The van der Waals surface area contributed by atoms with E-state index in [0.717, 1.165) is 31.7 Å². The molecular formula is C13H21N3O3S. The zero-order chi connectivity index (χ0) is 14.8. The third-order valence-corrected chi connectivity index (χ3v) is 5.11. The van der Waals surface area contributed by atoms with Crippen molar-refractivity contribution >= 4 is 21.4 Å². The molecule has 0 amide bonds. The van der Waals surface area contributed by atoms with Gasteiger partial charge < -0.3 is 15.4 Å². The smallest absolute Gasteiger partial charge is 0.240 e. The Morgan fingerprint density at radius 1 is 1.35 bits per heavy atom. The first-order valence-corrected chi connectivity index (χ1v) is 8.07. The van der Waals surface area contributed by atoms with Gasteiger partial charge in [-0.15, -0.1) is 0 Å². The van der Waals surface area contributed by atoms with E-state index in [9.17, 15) is 8.42 Å². The van der Waals surface area contributed by atoms with Gasteiger partial charge in [0.1, 0.15) is 0 Å². The van der Waals surface area contributed by atoms with E-state index < -0.39 is 10.0 Å². The van der Waals surface area contributed by atoms with E-state index in [1.165, 1.54) is 13.1 Å². The van der Waals surface area contributed by atoms with Gasteiger partial charge in [0.25, 0.3) is 0 Å². The summed E-state index contributed by atoms with van der Waals surface area (Å²) in [6, 6.07) is 5.09. The summed E-state index contributed by atoms with van der Waals surface area (Å²) in [6.07, 6.45) is 1.83. The van der Waals surface area contributed by atoms with Crippen LogP contribution in [0.4, 0.5) is 11.4 Å². The first-order valence-electron chi connectivity index (χ1n) is 6.59. The van der Waals surface area contributed by atoms with Crippen molar-refractivity contribution in [1.82, 2.24) is 4.72 Å². The molecule has 1 aromatic rings.